The molecule has 15 heavy (non-hydrogen) atoms. The van der Waals surface area contributed by atoms with Crippen molar-refractivity contribution in [3.63, 3.8) is 0 Å². The molecule has 4 atom stereocenters. The van der Waals surface area contributed by atoms with Crippen LogP contribution in [0.25, 0.3) is 0 Å². The van der Waals surface area contributed by atoms with Gasteiger partial charge in [0.2, 0.25) is 0 Å². The van der Waals surface area contributed by atoms with E-state index in [1.54, 1.807) is 0 Å². The van der Waals surface area contributed by atoms with Gasteiger partial charge < -0.3 is 10.5 Å². The molecule has 2 N–H and O–H groups in total. The molecule has 3 rings (SSSR count). The highest BCUT2D eigenvalue weighted by Gasteiger charge is 2.41. The van der Waals surface area contributed by atoms with E-state index in [0.717, 1.165) is 25.0 Å². The smallest absolute Gasteiger partial charge is 0.0622 e. The zero-order chi connectivity index (χ0) is 10.3. The summed E-state index contributed by atoms with van der Waals surface area (Å²) in [7, 11) is 0. The molecule has 1 saturated carbocycles. The van der Waals surface area contributed by atoms with Crippen LogP contribution in [-0.4, -0.2) is 43.3 Å². The van der Waals surface area contributed by atoms with Crippen LogP contribution in [0.15, 0.2) is 0 Å². The van der Waals surface area contributed by atoms with Gasteiger partial charge in [0, 0.05) is 31.8 Å². The van der Waals surface area contributed by atoms with Crippen LogP contribution in [0.1, 0.15) is 25.7 Å². The normalized spacial score (nSPS) is 47.0. The van der Waals surface area contributed by atoms with Crippen LogP contribution in [0.5, 0.6) is 0 Å². The Labute approximate surface area is 91.9 Å². The van der Waals surface area contributed by atoms with Gasteiger partial charge in [0.25, 0.3) is 0 Å². The molecule has 0 aromatic carbocycles. The van der Waals surface area contributed by atoms with Crippen LogP contribution in [0, 0.1) is 11.8 Å². The van der Waals surface area contributed by atoms with E-state index in [2.05, 4.69) is 4.90 Å². The minimum atomic E-state index is 0.469. The molecule has 3 nitrogen and oxygen atoms in total. The molecule has 3 aliphatic rings. The summed E-state index contributed by atoms with van der Waals surface area (Å²) in [6.07, 6.45) is 5.23. The first-order valence-corrected chi connectivity index (χ1v) is 6.42. The van der Waals surface area contributed by atoms with Crippen molar-refractivity contribution in [1.82, 2.24) is 4.90 Å². The second kappa shape index (κ2) is 4.04. The highest BCUT2D eigenvalue weighted by Crippen LogP contribution is 2.37. The van der Waals surface area contributed by atoms with Crippen molar-refractivity contribution in [2.24, 2.45) is 17.6 Å². The first-order chi connectivity index (χ1) is 7.34. The molecule has 2 aliphatic heterocycles. The number of hydrogen-bond acceptors (Lipinski definition) is 3. The molecule has 0 radical (unpaired) electrons. The van der Waals surface area contributed by atoms with Crippen molar-refractivity contribution in [3.8, 4) is 0 Å². The number of fused-ring (bicyclic) bond motifs is 1. The Morgan fingerprint density at radius 3 is 2.80 bits per heavy atom. The van der Waals surface area contributed by atoms with Gasteiger partial charge in [-0.1, -0.05) is 6.42 Å². The molecular weight excluding hydrogens is 188 g/mol. The van der Waals surface area contributed by atoms with E-state index in [1.807, 2.05) is 0 Å². The predicted octanol–water partition coefficient (Wildman–Crippen LogP) is 0.834. The van der Waals surface area contributed by atoms with Gasteiger partial charge in [-0.05, 0) is 31.1 Å². The van der Waals surface area contributed by atoms with Crippen molar-refractivity contribution in [3.05, 3.63) is 0 Å². The van der Waals surface area contributed by atoms with Gasteiger partial charge in [0.15, 0.2) is 0 Å². The van der Waals surface area contributed by atoms with Crippen molar-refractivity contribution < 1.29 is 4.74 Å². The highest BCUT2D eigenvalue weighted by molar-refractivity contribution is 4.95. The molecule has 2 heterocycles. The van der Waals surface area contributed by atoms with Crippen molar-refractivity contribution in [2.45, 2.75) is 37.8 Å². The predicted molar refractivity (Wildman–Crippen MR) is 59.6 cm³/mol. The molecule has 4 unspecified atom stereocenters. The molecule has 2 saturated heterocycles. The van der Waals surface area contributed by atoms with E-state index < -0.39 is 0 Å². The van der Waals surface area contributed by atoms with E-state index in [1.165, 1.54) is 38.8 Å². The number of ether oxygens (including phenoxy) is 1. The molecule has 3 heteroatoms. The van der Waals surface area contributed by atoms with Crippen LogP contribution < -0.4 is 5.73 Å². The monoisotopic (exact) mass is 210 g/mol. The summed E-state index contributed by atoms with van der Waals surface area (Å²) < 4.78 is 5.48. The number of nitrogens with two attached hydrogens (primary N) is 1. The molecule has 0 aromatic rings. The average Bonchev–Trinajstić information content (AvgIpc) is 2.86. The van der Waals surface area contributed by atoms with Crippen LogP contribution in [0.4, 0.5) is 0 Å². The SMILES string of the molecule is NC1CCCC2CN(C3CCOC3)CC12. The van der Waals surface area contributed by atoms with E-state index in [-0.39, 0.29) is 0 Å². The van der Waals surface area contributed by atoms with Crippen molar-refractivity contribution in [2.75, 3.05) is 26.3 Å². The number of hydrogen-bond donors (Lipinski definition) is 1. The summed E-state index contributed by atoms with van der Waals surface area (Å²) in [5, 5.41) is 0. The van der Waals surface area contributed by atoms with E-state index in [9.17, 15) is 0 Å². The molecule has 0 aromatic heterocycles. The van der Waals surface area contributed by atoms with Gasteiger partial charge in [0.05, 0.1) is 6.61 Å². The largest absolute Gasteiger partial charge is 0.380 e. The Kier molecular flexibility index (Phi) is 2.71. The van der Waals surface area contributed by atoms with Gasteiger partial charge in [0.1, 0.15) is 0 Å². The Morgan fingerprint density at radius 2 is 2.07 bits per heavy atom. The standard InChI is InChI=1S/C12H22N2O/c13-12-3-1-2-9-6-14(7-11(9)12)10-4-5-15-8-10/h9-12H,1-8,13H2. The Hall–Kier alpha value is -0.120. The third kappa shape index (κ3) is 1.81. The third-order valence-electron chi connectivity index (χ3n) is 4.60. The third-order valence-corrected chi connectivity index (χ3v) is 4.60. The lowest BCUT2D eigenvalue weighted by atomic mass is 9.78. The summed E-state index contributed by atoms with van der Waals surface area (Å²) in [6.45, 7) is 4.43. The minimum Gasteiger partial charge on any atom is -0.380 e. The molecular formula is C12H22N2O. The van der Waals surface area contributed by atoms with Gasteiger partial charge in [-0.25, -0.2) is 0 Å². The summed E-state index contributed by atoms with van der Waals surface area (Å²) in [5.74, 6) is 1.66. The summed E-state index contributed by atoms with van der Waals surface area (Å²) in [4.78, 5) is 2.65. The topological polar surface area (TPSA) is 38.5 Å². The number of rotatable bonds is 1. The van der Waals surface area contributed by atoms with Gasteiger partial charge in [-0.15, -0.1) is 0 Å². The summed E-state index contributed by atoms with van der Waals surface area (Å²) in [6, 6.07) is 1.17. The lowest BCUT2D eigenvalue weighted by Crippen LogP contribution is -2.39. The maximum absolute atomic E-state index is 6.22. The molecule has 86 valence electrons. The molecule has 0 bridgehead atoms. The van der Waals surface area contributed by atoms with Crippen molar-refractivity contribution >= 4 is 0 Å². The maximum Gasteiger partial charge on any atom is 0.0622 e. The van der Waals surface area contributed by atoms with E-state index in [0.29, 0.717) is 12.1 Å². The van der Waals surface area contributed by atoms with Gasteiger partial charge >= 0.3 is 0 Å². The molecule has 0 spiro atoms. The van der Waals surface area contributed by atoms with E-state index >= 15 is 0 Å². The fourth-order valence-corrected chi connectivity index (χ4v) is 3.66. The van der Waals surface area contributed by atoms with Gasteiger partial charge in [-0.3, -0.25) is 4.90 Å². The average molecular weight is 210 g/mol. The Morgan fingerprint density at radius 1 is 1.13 bits per heavy atom. The molecule has 3 fully saturated rings. The van der Waals surface area contributed by atoms with Crippen LogP contribution in [0.3, 0.4) is 0 Å². The lowest BCUT2D eigenvalue weighted by Gasteiger charge is -2.30. The second-order valence-corrected chi connectivity index (χ2v) is 5.49. The van der Waals surface area contributed by atoms with Gasteiger partial charge in [-0.2, -0.15) is 0 Å². The maximum atomic E-state index is 6.22. The fraction of sp³-hybridized carbons (Fsp3) is 1.00. The first-order valence-electron chi connectivity index (χ1n) is 6.42. The summed E-state index contributed by atoms with van der Waals surface area (Å²) in [5.41, 5.74) is 6.22. The number of nitrogens with zero attached hydrogens (tertiary/aromatic N) is 1. The highest BCUT2D eigenvalue weighted by atomic mass is 16.5. The quantitative estimate of drug-likeness (QED) is 0.697. The Bertz CT molecular complexity index is 228. The van der Waals surface area contributed by atoms with Crippen LogP contribution in [0.2, 0.25) is 0 Å². The molecule has 0 amide bonds. The fourth-order valence-electron chi connectivity index (χ4n) is 3.66. The summed E-state index contributed by atoms with van der Waals surface area (Å²) >= 11 is 0. The lowest BCUT2D eigenvalue weighted by molar-refractivity contribution is 0.155. The van der Waals surface area contributed by atoms with Crippen LogP contribution >= 0.6 is 0 Å². The first kappa shape index (κ1) is 10.1. The number of likely N-dealkylation sites (tertiary alicyclic amines) is 1. The second-order valence-electron chi connectivity index (χ2n) is 5.49. The Balaban J connectivity index is 1.65. The van der Waals surface area contributed by atoms with E-state index in [4.69, 9.17) is 10.5 Å². The van der Waals surface area contributed by atoms with Crippen LogP contribution in [-0.2, 0) is 4.74 Å². The zero-order valence-electron chi connectivity index (χ0n) is 9.40. The van der Waals surface area contributed by atoms with Crippen molar-refractivity contribution in [1.29, 1.82) is 0 Å². The minimum absolute atomic E-state index is 0.469. The zero-order valence-corrected chi connectivity index (χ0v) is 9.40. The molecule has 1 aliphatic carbocycles.